The zero-order valence-corrected chi connectivity index (χ0v) is 11.2. The second-order valence-corrected chi connectivity index (χ2v) is 5.85. The average Bonchev–Trinajstić information content (AvgIpc) is 3.09. The molecule has 0 heterocycles. The summed E-state index contributed by atoms with van der Waals surface area (Å²) >= 11 is 0. The van der Waals surface area contributed by atoms with Crippen molar-refractivity contribution in [1.29, 1.82) is 0 Å². The van der Waals surface area contributed by atoms with Gasteiger partial charge in [-0.3, -0.25) is 4.79 Å². The summed E-state index contributed by atoms with van der Waals surface area (Å²) in [6.45, 7) is 4.82. The first-order valence-electron chi connectivity index (χ1n) is 6.59. The van der Waals surface area contributed by atoms with Gasteiger partial charge >= 0.3 is 0 Å². The fourth-order valence-electron chi connectivity index (χ4n) is 2.32. The number of carbonyl (C=O) groups is 1. The molecule has 0 atom stereocenters. The first kappa shape index (κ1) is 13.1. The van der Waals surface area contributed by atoms with Crippen LogP contribution in [0.5, 0.6) is 0 Å². The van der Waals surface area contributed by atoms with Crippen molar-refractivity contribution in [2.75, 3.05) is 0 Å². The van der Waals surface area contributed by atoms with Crippen LogP contribution in [-0.4, -0.2) is 11.4 Å². The van der Waals surface area contributed by atoms with Crippen molar-refractivity contribution in [2.45, 2.75) is 51.1 Å². The Morgan fingerprint density at radius 3 is 2.67 bits per heavy atom. The van der Waals surface area contributed by atoms with Gasteiger partial charge in [0.25, 0.3) is 0 Å². The molecule has 1 aromatic rings. The lowest BCUT2D eigenvalue weighted by molar-refractivity contribution is -0.119. The summed E-state index contributed by atoms with van der Waals surface area (Å²) in [5.74, 6) is 0.491. The lowest BCUT2D eigenvalue weighted by atomic mass is 9.98. The molecule has 0 unspecified atom stereocenters. The Kier molecular flexibility index (Phi) is 3.71. The molecule has 1 aliphatic carbocycles. The van der Waals surface area contributed by atoms with Crippen molar-refractivity contribution in [3.05, 3.63) is 35.4 Å². The Balaban J connectivity index is 1.99. The van der Waals surface area contributed by atoms with Crippen LogP contribution in [0.4, 0.5) is 0 Å². The highest BCUT2D eigenvalue weighted by molar-refractivity contribution is 5.75. The largest absolute Gasteiger partial charge is 0.370 e. The van der Waals surface area contributed by atoms with Crippen LogP contribution < -0.4 is 11.1 Å². The number of hydrogen-bond donors (Lipinski definition) is 2. The Morgan fingerprint density at radius 1 is 1.39 bits per heavy atom. The number of primary amides is 1. The van der Waals surface area contributed by atoms with E-state index >= 15 is 0 Å². The van der Waals surface area contributed by atoms with Crippen LogP contribution in [0.25, 0.3) is 0 Å². The van der Waals surface area contributed by atoms with Gasteiger partial charge in [-0.1, -0.05) is 24.3 Å². The van der Waals surface area contributed by atoms with E-state index in [1.165, 1.54) is 24.0 Å². The van der Waals surface area contributed by atoms with Gasteiger partial charge in [-0.25, -0.2) is 0 Å². The van der Waals surface area contributed by atoms with E-state index in [9.17, 15) is 4.79 Å². The summed E-state index contributed by atoms with van der Waals surface area (Å²) in [5, 5.41) is 3.43. The molecule has 1 saturated carbocycles. The summed E-state index contributed by atoms with van der Waals surface area (Å²) in [6, 6.07) is 8.56. The number of amides is 1. The number of rotatable bonds is 6. The number of carbonyl (C=O) groups excluding carboxylic acids is 1. The topological polar surface area (TPSA) is 55.1 Å². The smallest absolute Gasteiger partial charge is 0.219 e. The van der Waals surface area contributed by atoms with E-state index in [4.69, 9.17) is 5.73 Å². The van der Waals surface area contributed by atoms with Gasteiger partial charge in [0.2, 0.25) is 5.91 Å². The monoisotopic (exact) mass is 246 g/mol. The summed E-state index contributed by atoms with van der Waals surface area (Å²) in [5.41, 5.74) is 7.81. The van der Waals surface area contributed by atoms with Crippen molar-refractivity contribution in [3.63, 3.8) is 0 Å². The Morgan fingerprint density at radius 2 is 2.06 bits per heavy atom. The fourth-order valence-corrected chi connectivity index (χ4v) is 2.32. The summed E-state index contributed by atoms with van der Waals surface area (Å²) in [4.78, 5) is 11.0. The van der Waals surface area contributed by atoms with Crippen molar-refractivity contribution in [1.82, 2.24) is 5.32 Å². The fraction of sp³-hybridized carbons (Fsp3) is 0.533. The predicted molar refractivity (Wildman–Crippen MR) is 73.1 cm³/mol. The SMILES string of the molecule is CC(C)(CC(N)=O)NCc1ccccc1C1CC1. The highest BCUT2D eigenvalue weighted by Crippen LogP contribution is 2.41. The van der Waals surface area contributed by atoms with E-state index in [0.717, 1.165) is 12.5 Å². The van der Waals surface area contributed by atoms with Gasteiger partial charge in [0.15, 0.2) is 0 Å². The summed E-state index contributed by atoms with van der Waals surface area (Å²) < 4.78 is 0. The third kappa shape index (κ3) is 3.57. The predicted octanol–water partition coefficient (Wildman–Crippen LogP) is 2.31. The van der Waals surface area contributed by atoms with Crippen LogP contribution >= 0.6 is 0 Å². The molecule has 18 heavy (non-hydrogen) atoms. The maximum Gasteiger partial charge on any atom is 0.219 e. The second-order valence-electron chi connectivity index (χ2n) is 5.85. The van der Waals surface area contributed by atoms with Gasteiger partial charge in [-0.15, -0.1) is 0 Å². The van der Waals surface area contributed by atoms with Gasteiger partial charge in [0.1, 0.15) is 0 Å². The first-order chi connectivity index (χ1) is 8.48. The normalized spacial score (nSPS) is 15.7. The number of nitrogens with two attached hydrogens (primary N) is 1. The molecule has 0 saturated heterocycles. The molecule has 3 N–H and O–H groups in total. The van der Waals surface area contributed by atoms with E-state index in [0.29, 0.717) is 6.42 Å². The highest BCUT2D eigenvalue weighted by atomic mass is 16.1. The lowest BCUT2D eigenvalue weighted by Crippen LogP contribution is -2.42. The molecule has 1 fully saturated rings. The Labute approximate surface area is 109 Å². The molecular weight excluding hydrogens is 224 g/mol. The Hall–Kier alpha value is -1.35. The van der Waals surface area contributed by atoms with Crippen LogP contribution in [0.1, 0.15) is 50.2 Å². The zero-order valence-electron chi connectivity index (χ0n) is 11.2. The summed E-state index contributed by atoms with van der Waals surface area (Å²) in [7, 11) is 0. The number of benzene rings is 1. The molecule has 3 heteroatoms. The van der Waals surface area contributed by atoms with E-state index in [1.807, 2.05) is 13.8 Å². The maximum absolute atomic E-state index is 11.0. The molecule has 0 bridgehead atoms. The molecule has 0 aliphatic heterocycles. The molecule has 3 nitrogen and oxygen atoms in total. The van der Waals surface area contributed by atoms with Crippen molar-refractivity contribution >= 4 is 5.91 Å². The quantitative estimate of drug-likeness (QED) is 0.809. The van der Waals surface area contributed by atoms with Crippen molar-refractivity contribution in [3.8, 4) is 0 Å². The van der Waals surface area contributed by atoms with Gasteiger partial charge in [0.05, 0.1) is 0 Å². The van der Waals surface area contributed by atoms with Crippen molar-refractivity contribution in [2.24, 2.45) is 5.73 Å². The van der Waals surface area contributed by atoms with Gasteiger partial charge in [0, 0.05) is 18.5 Å². The van der Waals surface area contributed by atoms with E-state index < -0.39 is 0 Å². The van der Waals surface area contributed by atoms with Gasteiger partial charge in [-0.05, 0) is 43.7 Å². The molecular formula is C15H22N2O. The number of nitrogens with one attached hydrogen (secondary N) is 1. The molecule has 1 aliphatic rings. The minimum atomic E-state index is -0.261. The molecule has 0 radical (unpaired) electrons. The second kappa shape index (κ2) is 5.11. The maximum atomic E-state index is 11.0. The van der Waals surface area contributed by atoms with Crippen LogP contribution in [0.15, 0.2) is 24.3 Å². The molecule has 2 rings (SSSR count). The summed E-state index contributed by atoms with van der Waals surface area (Å²) in [6.07, 6.45) is 2.97. The van der Waals surface area contributed by atoms with Gasteiger partial charge < -0.3 is 11.1 Å². The highest BCUT2D eigenvalue weighted by Gasteiger charge is 2.26. The van der Waals surface area contributed by atoms with E-state index in [2.05, 4.69) is 29.6 Å². The molecule has 0 aromatic heterocycles. The van der Waals surface area contributed by atoms with E-state index in [-0.39, 0.29) is 11.4 Å². The zero-order chi connectivity index (χ0) is 13.2. The standard InChI is InChI=1S/C15H22N2O/c1-15(2,9-14(16)18)17-10-12-5-3-4-6-13(12)11-7-8-11/h3-6,11,17H,7-10H2,1-2H3,(H2,16,18). The lowest BCUT2D eigenvalue weighted by Gasteiger charge is -2.25. The molecule has 1 amide bonds. The minimum Gasteiger partial charge on any atom is -0.370 e. The van der Waals surface area contributed by atoms with Gasteiger partial charge in [-0.2, -0.15) is 0 Å². The third-order valence-electron chi connectivity index (χ3n) is 3.45. The Bertz CT molecular complexity index is 436. The molecule has 98 valence electrons. The minimum absolute atomic E-state index is 0.248. The van der Waals surface area contributed by atoms with Crippen LogP contribution in [-0.2, 0) is 11.3 Å². The number of hydrogen-bond acceptors (Lipinski definition) is 2. The van der Waals surface area contributed by atoms with Crippen LogP contribution in [0, 0.1) is 0 Å². The van der Waals surface area contributed by atoms with Crippen LogP contribution in [0.3, 0.4) is 0 Å². The molecule has 0 spiro atoms. The molecule has 1 aromatic carbocycles. The van der Waals surface area contributed by atoms with E-state index in [1.54, 1.807) is 0 Å². The van der Waals surface area contributed by atoms with Crippen LogP contribution in [0.2, 0.25) is 0 Å². The first-order valence-corrected chi connectivity index (χ1v) is 6.59. The van der Waals surface area contributed by atoms with Crippen molar-refractivity contribution < 1.29 is 4.79 Å². The third-order valence-corrected chi connectivity index (χ3v) is 3.45. The average molecular weight is 246 g/mol.